The summed E-state index contributed by atoms with van der Waals surface area (Å²) in [6.07, 6.45) is 4.37. The molecule has 6 rings (SSSR count). The largest absolute Gasteiger partial charge is 0.497 e. The monoisotopic (exact) mass is 585 g/mol. The highest BCUT2D eigenvalue weighted by atomic mass is 16.5. The third-order valence-corrected chi connectivity index (χ3v) is 8.04. The first kappa shape index (κ1) is 28.9. The molecular weight excluding hydrogens is 550 g/mol. The molecule has 9 nitrogen and oxygen atoms in total. The number of pyridine rings is 2. The average molecular weight is 586 g/mol. The van der Waals surface area contributed by atoms with Crippen molar-refractivity contribution in [3.05, 3.63) is 147 Å². The van der Waals surface area contributed by atoms with Crippen LogP contribution in [0.4, 0.5) is 0 Å². The normalized spacial score (nSPS) is 12.1. The van der Waals surface area contributed by atoms with Crippen molar-refractivity contribution in [2.24, 2.45) is 0 Å². The van der Waals surface area contributed by atoms with E-state index in [-0.39, 0.29) is 5.56 Å². The Hall–Kier alpha value is -5.15. The summed E-state index contributed by atoms with van der Waals surface area (Å²) in [6.45, 7) is 5.68. The zero-order valence-corrected chi connectivity index (χ0v) is 25.1. The lowest BCUT2D eigenvalue weighted by molar-refractivity contribution is 0.193. The fourth-order valence-electron chi connectivity index (χ4n) is 5.67. The SMILES string of the molecule is COc1ccc(CN(Cc2cccnc2)[C@H](c2cc3c(C)ccc(C)c3[nH]c2=O)c2nnnn2CCc2ccccc2)cc1. The number of rotatable bonds is 11. The van der Waals surface area contributed by atoms with Crippen LogP contribution in [0, 0.1) is 13.8 Å². The molecule has 0 saturated carbocycles. The van der Waals surface area contributed by atoms with E-state index < -0.39 is 6.04 Å². The predicted octanol–water partition coefficient (Wildman–Crippen LogP) is 5.57. The van der Waals surface area contributed by atoms with Crippen LogP contribution in [0.1, 0.15) is 45.2 Å². The van der Waals surface area contributed by atoms with E-state index >= 15 is 0 Å². The fourth-order valence-corrected chi connectivity index (χ4v) is 5.67. The van der Waals surface area contributed by atoms with E-state index in [4.69, 9.17) is 4.74 Å². The average Bonchev–Trinajstić information content (AvgIpc) is 3.52. The van der Waals surface area contributed by atoms with Crippen LogP contribution >= 0.6 is 0 Å². The molecule has 1 N–H and O–H groups in total. The number of benzene rings is 3. The molecule has 9 heteroatoms. The Labute approximate surface area is 256 Å². The Bertz CT molecular complexity index is 1900. The van der Waals surface area contributed by atoms with Crippen molar-refractivity contribution in [2.75, 3.05) is 7.11 Å². The molecule has 0 fully saturated rings. The Morgan fingerprint density at radius 2 is 1.64 bits per heavy atom. The molecule has 0 aliphatic rings. The zero-order valence-electron chi connectivity index (χ0n) is 25.1. The molecule has 0 spiro atoms. The number of hydrogen-bond acceptors (Lipinski definition) is 7. The highest BCUT2D eigenvalue weighted by molar-refractivity contribution is 5.85. The number of ether oxygens (including phenoxy) is 1. The highest BCUT2D eigenvalue weighted by Crippen LogP contribution is 2.31. The van der Waals surface area contributed by atoms with Gasteiger partial charge in [-0.3, -0.25) is 14.7 Å². The molecule has 44 heavy (non-hydrogen) atoms. The van der Waals surface area contributed by atoms with Gasteiger partial charge in [0.15, 0.2) is 5.82 Å². The van der Waals surface area contributed by atoms with Gasteiger partial charge in [-0.15, -0.1) is 5.10 Å². The summed E-state index contributed by atoms with van der Waals surface area (Å²) >= 11 is 0. The van der Waals surface area contributed by atoms with Crippen molar-refractivity contribution >= 4 is 10.9 Å². The van der Waals surface area contributed by atoms with Crippen molar-refractivity contribution in [2.45, 2.75) is 45.9 Å². The Morgan fingerprint density at radius 3 is 2.39 bits per heavy atom. The number of hydrogen-bond donors (Lipinski definition) is 1. The summed E-state index contributed by atoms with van der Waals surface area (Å²) in [4.78, 5) is 23.8. The van der Waals surface area contributed by atoms with Crippen molar-refractivity contribution < 1.29 is 4.74 Å². The van der Waals surface area contributed by atoms with Gasteiger partial charge in [-0.25, -0.2) is 4.68 Å². The minimum Gasteiger partial charge on any atom is -0.497 e. The molecule has 0 amide bonds. The molecule has 3 heterocycles. The number of tetrazole rings is 1. The van der Waals surface area contributed by atoms with Gasteiger partial charge in [-0.05, 0) is 82.8 Å². The molecule has 0 aliphatic carbocycles. The van der Waals surface area contributed by atoms with Gasteiger partial charge in [-0.1, -0.05) is 60.7 Å². The van der Waals surface area contributed by atoms with Crippen LogP contribution in [0.15, 0.2) is 102 Å². The lowest BCUT2D eigenvalue weighted by Gasteiger charge is -2.31. The van der Waals surface area contributed by atoms with Crippen LogP contribution in [0.5, 0.6) is 5.75 Å². The van der Waals surface area contributed by atoms with Gasteiger partial charge in [0.1, 0.15) is 11.8 Å². The molecule has 0 bridgehead atoms. The van der Waals surface area contributed by atoms with Crippen LogP contribution < -0.4 is 10.3 Å². The van der Waals surface area contributed by atoms with E-state index in [1.807, 2.05) is 84.5 Å². The molecule has 3 aromatic heterocycles. The van der Waals surface area contributed by atoms with Crippen molar-refractivity contribution in [3.63, 3.8) is 0 Å². The topological polar surface area (TPSA) is 102 Å². The number of aromatic amines is 1. The molecule has 0 radical (unpaired) electrons. The molecule has 6 aromatic rings. The molecule has 1 atom stereocenters. The molecule has 0 aliphatic heterocycles. The minimum atomic E-state index is -0.559. The second-order valence-electron chi connectivity index (χ2n) is 11.1. The Kier molecular flexibility index (Phi) is 8.56. The summed E-state index contributed by atoms with van der Waals surface area (Å²) in [5, 5.41) is 14.1. The van der Waals surface area contributed by atoms with E-state index in [0.717, 1.165) is 45.3 Å². The van der Waals surface area contributed by atoms with Gasteiger partial charge in [0, 0.05) is 43.0 Å². The molecule has 0 saturated heterocycles. The lowest BCUT2D eigenvalue weighted by atomic mass is 9.98. The minimum absolute atomic E-state index is 0.167. The molecule has 0 unspecified atom stereocenters. The quantitative estimate of drug-likeness (QED) is 0.212. The van der Waals surface area contributed by atoms with Gasteiger partial charge >= 0.3 is 0 Å². The molecular formula is C35H35N7O2. The van der Waals surface area contributed by atoms with E-state index in [1.54, 1.807) is 13.3 Å². The number of fused-ring (bicyclic) bond motifs is 1. The maximum Gasteiger partial charge on any atom is 0.253 e. The summed E-state index contributed by atoms with van der Waals surface area (Å²) < 4.78 is 7.23. The van der Waals surface area contributed by atoms with E-state index in [1.165, 1.54) is 5.56 Å². The smallest absolute Gasteiger partial charge is 0.253 e. The number of nitrogens with zero attached hydrogens (tertiary/aromatic N) is 6. The maximum absolute atomic E-state index is 14.0. The third-order valence-electron chi connectivity index (χ3n) is 8.04. The van der Waals surface area contributed by atoms with Crippen LogP contribution in [-0.2, 0) is 26.1 Å². The summed E-state index contributed by atoms with van der Waals surface area (Å²) in [5.41, 5.74) is 6.62. The number of nitrogens with one attached hydrogen (secondary N) is 1. The van der Waals surface area contributed by atoms with Crippen LogP contribution in [0.25, 0.3) is 10.9 Å². The van der Waals surface area contributed by atoms with Crippen molar-refractivity contribution in [1.82, 2.24) is 35.1 Å². The second-order valence-corrected chi connectivity index (χ2v) is 11.1. The lowest BCUT2D eigenvalue weighted by Crippen LogP contribution is -2.35. The van der Waals surface area contributed by atoms with E-state index in [0.29, 0.717) is 31.0 Å². The van der Waals surface area contributed by atoms with Crippen molar-refractivity contribution in [3.8, 4) is 5.75 Å². The third kappa shape index (κ3) is 6.28. The van der Waals surface area contributed by atoms with Crippen molar-refractivity contribution in [1.29, 1.82) is 0 Å². The van der Waals surface area contributed by atoms with Crippen LogP contribution in [0.2, 0.25) is 0 Å². The maximum atomic E-state index is 14.0. The van der Waals surface area contributed by atoms with Crippen LogP contribution in [-0.4, -0.2) is 42.2 Å². The zero-order chi connectivity index (χ0) is 30.5. The summed E-state index contributed by atoms with van der Waals surface area (Å²) in [7, 11) is 1.66. The summed E-state index contributed by atoms with van der Waals surface area (Å²) in [6, 6.07) is 27.8. The second kappa shape index (κ2) is 13.0. The standard InChI is InChI=1S/C35H35N7O2/c1-24-11-12-25(2)32-30(24)20-31(35(43)37-32)33(34-38-39-40-42(34)19-17-26-8-5-4-6-9-26)41(23-28-10-7-18-36-21-28)22-27-13-15-29(44-3)16-14-27/h4-16,18,20-21,33H,17,19,22-23H2,1-3H3,(H,37,43)/t33-/m1/s1. The summed E-state index contributed by atoms with van der Waals surface area (Å²) in [5.74, 6) is 1.39. The first-order chi connectivity index (χ1) is 21.5. The van der Waals surface area contributed by atoms with Crippen LogP contribution in [0.3, 0.4) is 0 Å². The first-order valence-corrected chi connectivity index (χ1v) is 14.7. The van der Waals surface area contributed by atoms with Gasteiger partial charge in [0.2, 0.25) is 0 Å². The Balaban J connectivity index is 1.50. The predicted molar refractivity (Wildman–Crippen MR) is 170 cm³/mol. The van der Waals surface area contributed by atoms with Gasteiger partial charge < -0.3 is 9.72 Å². The number of H-pyrrole nitrogens is 1. The van der Waals surface area contributed by atoms with E-state index in [9.17, 15) is 4.79 Å². The highest BCUT2D eigenvalue weighted by Gasteiger charge is 2.31. The number of aryl methyl sites for hydroxylation is 4. The van der Waals surface area contributed by atoms with Gasteiger partial charge in [0.05, 0.1) is 12.6 Å². The first-order valence-electron chi connectivity index (χ1n) is 14.7. The number of aromatic nitrogens is 6. The van der Waals surface area contributed by atoms with E-state index in [2.05, 4.69) is 55.5 Å². The van der Waals surface area contributed by atoms with Gasteiger partial charge in [0.25, 0.3) is 5.56 Å². The number of methoxy groups -OCH3 is 1. The Morgan fingerprint density at radius 1 is 0.886 bits per heavy atom. The van der Waals surface area contributed by atoms with Gasteiger partial charge in [-0.2, -0.15) is 0 Å². The molecule has 222 valence electrons. The fraction of sp³-hybridized carbons (Fsp3) is 0.229. The molecule has 3 aromatic carbocycles.